The highest BCUT2D eigenvalue weighted by atomic mass is 33.1. The Morgan fingerprint density at radius 2 is 2.03 bits per heavy atom. The second-order valence-corrected chi connectivity index (χ2v) is 13.4. The average Bonchev–Trinajstić information content (AvgIpc) is 2.70. The highest BCUT2D eigenvalue weighted by Crippen LogP contribution is 2.61. The Morgan fingerprint density at radius 1 is 1.31 bits per heavy atom. The van der Waals surface area contributed by atoms with Crippen LogP contribution in [0.2, 0.25) is 0 Å². The number of aliphatic hydroxyl groups is 2. The quantitative estimate of drug-likeness (QED) is 0.265. The Morgan fingerprint density at radius 3 is 2.66 bits per heavy atom. The van der Waals surface area contributed by atoms with Gasteiger partial charge in [-0.1, -0.05) is 41.0 Å². The van der Waals surface area contributed by atoms with Gasteiger partial charge in [-0.2, -0.15) is 0 Å². The molecular formula is C24H36O6S2. The lowest BCUT2D eigenvalue weighted by Crippen LogP contribution is -2.68. The van der Waals surface area contributed by atoms with Crippen LogP contribution in [0.5, 0.6) is 0 Å². The van der Waals surface area contributed by atoms with Gasteiger partial charge >= 0.3 is 5.97 Å². The normalized spacial score (nSPS) is 42.8. The molecule has 0 aromatic heterocycles. The van der Waals surface area contributed by atoms with Crippen molar-refractivity contribution in [2.75, 3.05) is 18.6 Å². The molecule has 2 N–H and O–H groups in total. The van der Waals surface area contributed by atoms with E-state index < -0.39 is 34.6 Å². The summed E-state index contributed by atoms with van der Waals surface area (Å²) in [7, 11) is 3.16. The third-order valence-corrected chi connectivity index (χ3v) is 10.8. The monoisotopic (exact) mass is 484 g/mol. The van der Waals surface area contributed by atoms with Crippen LogP contribution in [0.25, 0.3) is 0 Å². The number of fused-ring (bicyclic) bond motifs is 5. The highest BCUT2D eigenvalue weighted by molar-refractivity contribution is 8.76. The Bertz CT molecular complexity index is 825. The van der Waals surface area contributed by atoms with Crippen molar-refractivity contribution in [3.63, 3.8) is 0 Å². The Labute approximate surface area is 198 Å². The van der Waals surface area contributed by atoms with E-state index in [9.17, 15) is 19.8 Å². The van der Waals surface area contributed by atoms with Crippen molar-refractivity contribution in [2.24, 2.45) is 22.7 Å². The molecule has 1 saturated heterocycles. The molecule has 8 heteroatoms. The number of rotatable bonds is 5. The lowest BCUT2D eigenvalue weighted by Gasteiger charge is -2.62. The first kappa shape index (κ1) is 24.6. The number of aliphatic hydroxyl groups excluding tert-OH is 1. The Balaban J connectivity index is 1.80. The summed E-state index contributed by atoms with van der Waals surface area (Å²) in [4.78, 5) is 27.0. The molecule has 6 nitrogen and oxygen atoms in total. The molecule has 2 saturated carbocycles. The van der Waals surface area contributed by atoms with E-state index in [-0.39, 0.29) is 30.1 Å². The lowest BCUT2D eigenvalue weighted by atomic mass is 9.47. The molecule has 1 heterocycles. The molecule has 0 amide bonds. The van der Waals surface area contributed by atoms with E-state index in [2.05, 4.69) is 0 Å². The summed E-state index contributed by atoms with van der Waals surface area (Å²) in [6.07, 6.45) is 2.20. The van der Waals surface area contributed by atoms with Gasteiger partial charge < -0.3 is 19.7 Å². The first-order valence-electron chi connectivity index (χ1n) is 11.6. The van der Waals surface area contributed by atoms with Gasteiger partial charge in [0.15, 0.2) is 11.9 Å². The fourth-order valence-corrected chi connectivity index (χ4v) is 7.82. The van der Waals surface area contributed by atoms with Crippen molar-refractivity contribution in [3.05, 3.63) is 11.1 Å². The Hall–Kier alpha value is -0.540. The predicted octanol–water partition coefficient (Wildman–Crippen LogP) is 3.54. The summed E-state index contributed by atoms with van der Waals surface area (Å²) < 4.78 is 11.6. The van der Waals surface area contributed by atoms with E-state index in [0.717, 1.165) is 11.1 Å². The third kappa shape index (κ3) is 3.60. The predicted molar refractivity (Wildman–Crippen MR) is 126 cm³/mol. The zero-order chi connectivity index (χ0) is 23.5. The fraction of sp³-hybridized carbons (Fsp3) is 0.833. The topological polar surface area (TPSA) is 93.1 Å². The lowest BCUT2D eigenvalue weighted by molar-refractivity contribution is -0.242. The molecule has 0 aromatic rings. The van der Waals surface area contributed by atoms with Gasteiger partial charge in [0.1, 0.15) is 0 Å². The van der Waals surface area contributed by atoms with Crippen LogP contribution in [-0.2, 0) is 19.1 Å². The van der Waals surface area contributed by atoms with Gasteiger partial charge in [0.2, 0.25) is 0 Å². The van der Waals surface area contributed by atoms with Crippen molar-refractivity contribution in [3.8, 4) is 0 Å². The molecule has 1 unspecified atom stereocenters. The number of hydrogen-bond acceptors (Lipinski definition) is 8. The van der Waals surface area contributed by atoms with E-state index in [1.54, 1.807) is 21.6 Å². The second-order valence-electron chi connectivity index (χ2n) is 10.7. The number of ether oxygens (including phenoxy) is 2. The molecular weight excluding hydrogens is 448 g/mol. The third-order valence-electron chi connectivity index (χ3n) is 8.97. The first-order chi connectivity index (χ1) is 15.0. The summed E-state index contributed by atoms with van der Waals surface area (Å²) in [5, 5.41) is 23.2. The molecule has 32 heavy (non-hydrogen) atoms. The zero-order valence-corrected chi connectivity index (χ0v) is 21.3. The van der Waals surface area contributed by atoms with Gasteiger partial charge in [-0.05, 0) is 50.9 Å². The number of hydrogen-bond donors (Lipinski definition) is 2. The van der Waals surface area contributed by atoms with Crippen molar-refractivity contribution >= 4 is 33.3 Å². The van der Waals surface area contributed by atoms with Gasteiger partial charge in [0, 0.05) is 23.5 Å². The average molecular weight is 485 g/mol. The van der Waals surface area contributed by atoms with Crippen LogP contribution in [0, 0.1) is 22.7 Å². The molecule has 2 bridgehead atoms. The number of carbonyl (C=O) groups excluding carboxylic acids is 2. The van der Waals surface area contributed by atoms with Crippen molar-refractivity contribution in [2.45, 2.75) is 83.7 Å². The van der Waals surface area contributed by atoms with Crippen LogP contribution >= 0.6 is 21.6 Å². The van der Waals surface area contributed by atoms with Crippen LogP contribution < -0.4 is 0 Å². The molecule has 4 rings (SSSR count). The minimum Gasteiger partial charge on any atom is -0.450 e. The number of Topliss-reactive ketones (excluding diaryl/α,β-unsaturated/α-hetero) is 1. The summed E-state index contributed by atoms with van der Waals surface area (Å²) in [6, 6.07) is 0. The number of allylic oxidation sites excluding steroid dienone is 1. The number of esters is 1. The van der Waals surface area contributed by atoms with Crippen LogP contribution in [0.1, 0.15) is 59.8 Å². The van der Waals surface area contributed by atoms with Crippen molar-refractivity contribution < 1.29 is 29.3 Å². The summed E-state index contributed by atoms with van der Waals surface area (Å²) >= 11 is 0. The van der Waals surface area contributed by atoms with Crippen molar-refractivity contribution in [1.82, 2.24) is 0 Å². The highest BCUT2D eigenvalue weighted by Gasteiger charge is 2.66. The molecule has 0 aromatic carbocycles. The maximum Gasteiger partial charge on any atom is 0.307 e. The molecule has 180 valence electrons. The maximum absolute atomic E-state index is 14.2. The summed E-state index contributed by atoms with van der Waals surface area (Å²) in [5.41, 5.74) is -1.15. The van der Waals surface area contributed by atoms with Gasteiger partial charge in [-0.15, -0.1) is 0 Å². The minimum absolute atomic E-state index is 0.0769. The fourth-order valence-electron chi connectivity index (χ4n) is 6.65. The van der Waals surface area contributed by atoms with Gasteiger partial charge in [-0.25, -0.2) is 0 Å². The molecule has 1 aliphatic heterocycles. The number of carbonyl (C=O) groups is 2. The first-order valence-corrected chi connectivity index (χ1v) is 14.3. The van der Waals surface area contributed by atoms with E-state index >= 15 is 0 Å². The van der Waals surface area contributed by atoms with Crippen LogP contribution in [0.4, 0.5) is 0 Å². The smallest absolute Gasteiger partial charge is 0.307 e. The standard InChI is InChI=1S/C24H36O6S2/c1-13-6-8-24(28)11-15-14-12-29-16(14)10-17(25)23(15,4)21(27)20(19(13)22(24,2)3)30-18(26)7-9-32-31-5/h14-17,20,25,28H,6-12H2,1-5H3/t14-,15?,16+,17-,20+,23-,24+/m0/s1. The van der Waals surface area contributed by atoms with E-state index in [1.165, 1.54) is 0 Å². The van der Waals surface area contributed by atoms with Crippen LogP contribution in [-0.4, -0.2) is 64.5 Å². The zero-order valence-electron chi connectivity index (χ0n) is 19.7. The van der Waals surface area contributed by atoms with Crippen LogP contribution in [0.3, 0.4) is 0 Å². The minimum atomic E-state index is -1.10. The van der Waals surface area contributed by atoms with Crippen molar-refractivity contribution in [1.29, 1.82) is 0 Å². The second kappa shape index (κ2) is 8.59. The molecule has 4 aliphatic rings. The largest absolute Gasteiger partial charge is 0.450 e. The van der Waals surface area contributed by atoms with Gasteiger partial charge in [-0.3, -0.25) is 9.59 Å². The molecule has 7 atom stereocenters. The number of ketones is 1. The van der Waals surface area contributed by atoms with Gasteiger partial charge in [0.25, 0.3) is 0 Å². The van der Waals surface area contributed by atoms with Gasteiger partial charge in [0.05, 0.1) is 36.3 Å². The molecule has 3 fully saturated rings. The van der Waals surface area contributed by atoms with E-state index in [4.69, 9.17) is 9.47 Å². The molecule has 3 aliphatic carbocycles. The van der Waals surface area contributed by atoms with E-state index in [0.29, 0.717) is 38.0 Å². The summed E-state index contributed by atoms with van der Waals surface area (Å²) in [5.74, 6) is -0.135. The van der Waals surface area contributed by atoms with E-state index in [1.807, 2.05) is 34.0 Å². The molecule has 0 radical (unpaired) electrons. The Kier molecular flexibility index (Phi) is 6.60. The SMILES string of the molecule is CSSCCC(=O)O[C@H]1C(=O)[C@@]2(C)C(C[C@]3(O)CCC(C)=C1C3(C)C)[C@@H]1CO[C@@H]1C[C@@H]2O. The molecule has 0 spiro atoms. The summed E-state index contributed by atoms with van der Waals surface area (Å²) in [6.45, 7) is 8.28. The maximum atomic E-state index is 14.2. The van der Waals surface area contributed by atoms with Crippen LogP contribution in [0.15, 0.2) is 11.1 Å².